The van der Waals surface area contributed by atoms with E-state index in [0.717, 1.165) is 24.8 Å². The molecule has 3 rings (SSSR count). The number of piperidine rings is 1. The van der Waals surface area contributed by atoms with Crippen LogP contribution in [0.15, 0.2) is 27.8 Å². The molecule has 2 aromatic rings. The first-order valence-electron chi connectivity index (χ1n) is 10.3. The van der Waals surface area contributed by atoms with Crippen LogP contribution in [0.4, 0.5) is 10.5 Å². The maximum Gasteiger partial charge on any atom is 0.410 e. The van der Waals surface area contributed by atoms with Gasteiger partial charge in [0.05, 0.1) is 6.61 Å². The van der Waals surface area contributed by atoms with Crippen molar-refractivity contribution in [1.29, 1.82) is 0 Å². The van der Waals surface area contributed by atoms with Gasteiger partial charge in [-0.1, -0.05) is 23.2 Å². The highest BCUT2D eigenvalue weighted by Crippen LogP contribution is 2.25. The number of hydrogen-bond acceptors (Lipinski definition) is 6. The Balaban J connectivity index is 1.50. The van der Waals surface area contributed by atoms with E-state index in [1.165, 1.54) is 0 Å². The van der Waals surface area contributed by atoms with Gasteiger partial charge in [-0.25, -0.2) is 4.79 Å². The minimum Gasteiger partial charge on any atom is -0.488 e. The highest BCUT2D eigenvalue weighted by Gasteiger charge is 2.28. The van der Waals surface area contributed by atoms with Crippen LogP contribution in [0.3, 0.4) is 0 Å². The largest absolute Gasteiger partial charge is 0.488 e. The van der Waals surface area contributed by atoms with Crippen LogP contribution in [0.2, 0.25) is 10.0 Å². The molecule has 1 atom stereocenters. The highest BCUT2D eigenvalue weighted by atomic mass is 35.5. The zero-order chi connectivity index (χ0) is 22.5. The smallest absolute Gasteiger partial charge is 0.410 e. The molecule has 0 saturated carbocycles. The molecule has 0 N–H and O–H groups in total. The Labute approximate surface area is 191 Å². The number of carbonyl (C=O) groups is 1. The number of hydrogen-bond donors (Lipinski definition) is 0. The quantitative estimate of drug-likeness (QED) is 0.547. The summed E-state index contributed by atoms with van der Waals surface area (Å²) in [4.78, 5) is 39.5. The van der Waals surface area contributed by atoms with Gasteiger partial charge in [-0.3, -0.25) is 9.59 Å². The lowest BCUT2D eigenvalue weighted by atomic mass is 9.94. The van der Waals surface area contributed by atoms with Gasteiger partial charge in [-0.2, -0.15) is 0 Å². The summed E-state index contributed by atoms with van der Waals surface area (Å²) in [6.45, 7) is 4.05. The number of rotatable bonds is 8. The minimum absolute atomic E-state index is 0.105. The Hall–Kier alpha value is -2.25. The molecule has 1 amide bonds. The molecular weight excluding hydrogens is 443 g/mol. The molecule has 31 heavy (non-hydrogen) atoms. The van der Waals surface area contributed by atoms with Crippen LogP contribution < -0.4 is 20.5 Å². The Bertz CT molecular complexity index is 982. The SMILES string of the molecule is CCOc1c(N(C)CCC2CCCN(C(=O)OCc3cc(Cl)cc(Cl)c3)C2)c(=O)c1=O. The molecule has 1 saturated heterocycles. The molecule has 9 heteroatoms. The number of halogens is 2. The predicted molar refractivity (Wildman–Crippen MR) is 121 cm³/mol. The maximum atomic E-state index is 12.5. The number of anilines is 1. The van der Waals surface area contributed by atoms with E-state index in [0.29, 0.717) is 42.0 Å². The zero-order valence-electron chi connectivity index (χ0n) is 17.7. The lowest BCUT2D eigenvalue weighted by Gasteiger charge is -2.33. The van der Waals surface area contributed by atoms with Gasteiger partial charge < -0.3 is 19.3 Å². The summed E-state index contributed by atoms with van der Waals surface area (Å²) in [5.41, 5.74) is 0.0235. The molecule has 168 valence electrons. The van der Waals surface area contributed by atoms with E-state index in [-0.39, 0.29) is 24.4 Å². The number of nitrogens with zero attached hydrogens (tertiary/aromatic N) is 2. The summed E-state index contributed by atoms with van der Waals surface area (Å²) in [6.07, 6.45) is 2.30. The predicted octanol–water partition coefficient (Wildman–Crippen LogP) is 3.86. The Morgan fingerprint density at radius 2 is 1.90 bits per heavy atom. The molecule has 1 fully saturated rings. The van der Waals surface area contributed by atoms with Crippen molar-refractivity contribution in [3.63, 3.8) is 0 Å². The number of carbonyl (C=O) groups excluding carboxylic acids is 1. The van der Waals surface area contributed by atoms with Gasteiger partial charge in [-0.15, -0.1) is 0 Å². The Morgan fingerprint density at radius 1 is 1.19 bits per heavy atom. The second kappa shape index (κ2) is 10.4. The van der Waals surface area contributed by atoms with Crippen molar-refractivity contribution in [3.05, 3.63) is 54.3 Å². The molecular formula is C22H26Cl2N2O5. The van der Waals surface area contributed by atoms with Gasteiger partial charge in [0.15, 0.2) is 5.75 Å². The number of likely N-dealkylation sites (tertiary alicyclic amines) is 1. The monoisotopic (exact) mass is 468 g/mol. The normalized spacial score (nSPS) is 16.4. The second-order valence-corrected chi connectivity index (χ2v) is 8.64. The lowest BCUT2D eigenvalue weighted by molar-refractivity contribution is 0.0782. The standard InChI is InChI=1S/C22H26Cl2N2O5/c1-3-30-21-18(19(27)20(21)28)25(2)8-6-14-5-4-7-26(12-14)22(29)31-13-15-9-16(23)11-17(24)10-15/h9-11,14H,3-8,12-13H2,1-2H3. The minimum atomic E-state index is -0.559. The lowest BCUT2D eigenvalue weighted by Crippen LogP contribution is -2.43. The fourth-order valence-electron chi connectivity index (χ4n) is 3.87. The fraction of sp³-hybridized carbons (Fsp3) is 0.500. The number of benzene rings is 1. The molecule has 0 aromatic heterocycles. The van der Waals surface area contributed by atoms with Crippen LogP contribution >= 0.6 is 23.2 Å². The first-order valence-corrected chi connectivity index (χ1v) is 11.1. The summed E-state index contributed by atoms with van der Waals surface area (Å²) in [6, 6.07) is 5.06. The van der Waals surface area contributed by atoms with Crippen LogP contribution in [0.5, 0.6) is 5.75 Å². The van der Waals surface area contributed by atoms with Gasteiger partial charge in [0.2, 0.25) is 0 Å². The fourth-order valence-corrected chi connectivity index (χ4v) is 4.44. The van der Waals surface area contributed by atoms with Crippen LogP contribution in [0.1, 0.15) is 31.7 Å². The van der Waals surface area contributed by atoms with E-state index in [4.69, 9.17) is 32.7 Å². The molecule has 0 aliphatic carbocycles. The van der Waals surface area contributed by atoms with Crippen molar-refractivity contribution in [2.75, 3.05) is 38.2 Å². The summed E-state index contributed by atoms with van der Waals surface area (Å²) in [5, 5.41) is 0.991. The summed E-state index contributed by atoms with van der Waals surface area (Å²) in [5.74, 6) is 0.441. The van der Waals surface area contributed by atoms with E-state index >= 15 is 0 Å². The van der Waals surface area contributed by atoms with Gasteiger partial charge in [-0.05, 0) is 55.9 Å². The van der Waals surface area contributed by atoms with Crippen molar-refractivity contribution >= 4 is 35.0 Å². The van der Waals surface area contributed by atoms with Gasteiger partial charge in [0.1, 0.15) is 12.3 Å². The van der Waals surface area contributed by atoms with Crippen LogP contribution in [-0.4, -0.2) is 44.3 Å². The summed E-state index contributed by atoms with van der Waals surface area (Å²) >= 11 is 12.0. The van der Waals surface area contributed by atoms with Crippen molar-refractivity contribution in [2.24, 2.45) is 5.92 Å². The third-order valence-electron chi connectivity index (χ3n) is 5.45. The van der Waals surface area contributed by atoms with E-state index in [9.17, 15) is 14.4 Å². The first kappa shape index (κ1) is 23.4. The first-order chi connectivity index (χ1) is 14.8. The van der Waals surface area contributed by atoms with Gasteiger partial charge in [0, 0.05) is 36.7 Å². The van der Waals surface area contributed by atoms with Crippen molar-refractivity contribution in [2.45, 2.75) is 32.8 Å². The van der Waals surface area contributed by atoms with Crippen LogP contribution in [0, 0.1) is 5.92 Å². The molecule has 1 aliphatic rings. The van der Waals surface area contributed by atoms with Gasteiger partial charge in [0.25, 0.3) is 10.9 Å². The molecule has 2 aromatic carbocycles. The van der Waals surface area contributed by atoms with E-state index in [2.05, 4.69) is 0 Å². The molecule has 7 nitrogen and oxygen atoms in total. The van der Waals surface area contributed by atoms with Crippen molar-refractivity contribution in [3.8, 4) is 5.75 Å². The highest BCUT2D eigenvalue weighted by molar-refractivity contribution is 6.34. The number of ether oxygens (including phenoxy) is 2. The van der Waals surface area contributed by atoms with Crippen LogP contribution in [-0.2, 0) is 11.3 Å². The third-order valence-corrected chi connectivity index (χ3v) is 5.88. The Kier molecular flexibility index (Phi) is 7.84. The molecule has 0 spiro atoms. The van der Waals surface area contributed by atoms with Crippen molar-refractivity contribution < 1.29 is 14.3 Å². The third kappa shape index (κ3) is 5.71. The molecule has 0 bridgehead atoms. The zero-order valence-corrected chi connectivity index (χ0v) is 19.2. The molecule has 1 aliphatic heterocycles. The van der Waals surface area contributed by atoms with E-state index in [1.807, 2.05) is 0 Å². The second-order valence-electron chi connectivity index (χ2n) is 7.77. The Morgan fingerprint density at radius 3 is 2.58 bits per heavy atom. The van der Waals surface area contributed by atoms with Crippen molar-refractivity contribution in [1.82, 2.24) is 4.90 Å². The van der Waals surface area contributed by atoms with E-state index < -0.39 is 10.9 Å². The van der Waals surface area contributed by atoms with Crippen LogP contribution in [0.25, 0.3) is 0 Å². The molecule has 1 unspecified atom stereocenters. The topological polar surface area (TPSA) is 76.2 Å². The van der Waals surface area contributed by atoms with Gasteiger partial charge >= 0.3 is 6.09 Å². The molecule has 1 heterocycles. The van der Waals surface area contributed by atoms with E-state index in [1.54, 1.807) is 42.0 Å². The average molecular weight is 469 g/mol. The summed E-state index contributed by atoms with van der Waals surface area (Å²) in [7, 11) is 1.78. The average Bonchev–Trinajstić information content (AvgIpc) is 2.75. The molecule has 0 radical (unpaired) electrons. The summed E-state index contributed by atoms with van der Waals surface area (Å²) < 4.78 is 10.7. The maximum absolute atomic E-state index is 12.5. The number of amides is 1.